The van der Waals surface area contributed by atoms with Crippen molar-refractivity contribution in [2.24, 2.45) is 11.1 Å². The quantitative estimate of drug-likeness (QED) is 0.864. The van der Waals surface area contributed by atoms with E-state index in [1.807, 2.05) is 20.8 Å². The number of amides is 1. The molecule has 1 aromatic heterocycles. The molecule has 0 saturated heterocycles. The Morgan fingerprint density at radius 2 is 1.96 bits per heavy atom. The van der Waals surface area contributed by atoms with Gasteiger partial charge < -0.3 is 15.5 Å². The van der Waals surface area contributed by atoms with E-state index in [2.05, 4.69) is 10.3 Å². The van der Waals surface area contributed by atoms with E-state index < -0.39 is 6.04 Å². The summed E-state index contributed by atoms with van der Waals surface area (Å²) >= 11 is 0. The van der Waals surface area contributed by atoms with Gasteiger partial charge in [0.25, 0.3) is 0 Å². The minimum Gasteiger partial charge on any atom is -0.444 e. The lowest BCUT2D eigenvalue weighted by Gasteiger charge is -2.25. The van der Waals surface area contributed by atoms with Crippen LogP contribution >= 0.6 is 12.4 Å². The Morgan fingerprint density at radius 3 is 2.54 bits per heavy atom. The van der Waals surface area contributed by atoms with Gasteiger partial charge in [-0.3, -0.25) is 4.79 Å². The van der Waals surface area contributed by atoms with Gasteiger partial charge in [-0.15, -0.1) is 12.4 Å². The highest BCUT2D eigenvalue weighted by molar-refractivity contribution is 5.85. The number of carbonyl (C=O) groups is 1. The van der Waals surface area contributed by atoms with E-state index in [0.717, 1.165) is 0 Å². The van der Waals surface area contributed by atoms with Crippen LogP contribution in [0.25, 0.3) is 11.5 Å². The minimum atomic E-state index is -0.561. The molecule has 1 atom stereocenters. The summed E-state index contributed by atoms with van der Waals surface area (Å²) in [6.07, 6.45) is 2.07. The Kier molecular flexibility index (Phi) is 6.93. The van der Waals surface area contributed by atoms with Crippen molar-refractivity contribution in [3.8, 4) is 11.5 Å². The van der Waals surface area contributed by atoms with Crippen molar-refractivity contribution in [2.45, 2.75) is 33.2 Å². The van der Waals surface area contributed by atoms with E-state index >= 15 is 0 Å². The normalized spacial score (nSPS) is 12.4. The molecule has 132 valence electrons. The van der Waals surface area contributed by atoms with Gasteiger partial charge in [-0.05, 0) is 29.7 Å². The highest BCUT2D eigenvalue weighted by Gasteiger charge is 2.27. The van der Waals surface area contributed by atoms with Crippen LogP contribution in [0.3, 0.4) is 0 Å². The first-order valence-electron chi connectivity index (χ1n) is 7.51. The molecule has 0 radical (unpaired) electrons. The number of nitrogens with zero attached hydrogens (tertiary/aromatic N) is 1. The van der Waals surface area contributed by atoms with Gasteiger partial charge in [0.2, 0.25) is 11.8 Å². The van der Waals surface area contributed by atoms with Crippen LogP contribution in [0.5, 0.6) is 0 Å². The number of hydrogen-bond donors (Lipinski definition) is 2. The van der Waals surface area contributed by atoms with Crippen molar-refractivity contribution >= 4 is 18.3 Å². The number of hydrogen-bond acceptors (Lipinski definition) is 4. The monoisotopic (exact) mass is 355 g/mol. The van der Waals surface area contributed by atoms with Gasteiger partial charge in [0, 0.05) is 18.5 Å². The number of halogens is 2. The average molecular weight is 356 g/mol. The number of rotatable bonds is 5. The highest BCUT2D eigenvalue weighted by atomic mass is 35.5. The van der Waals surface area contributed by atoms with E-state index in [1.165, 1.54) is 18.4 Å². The predicted octanol–water partition coefficient (Wildman–Crippen LogP) is 2.93. The van der Waals surface area contributed by atoms with Gasteiger partial charge in [-0.25, -0.2) is 9.37 Å². The molecule has 0 fully saturated rings. The fourth-order valence-electron chi connectivity index (χ4n) is 1.96. The fraction of sp³-hybridized carbons (Fsp3) is 0.412. The second kappa shape index (κ2) is 8.26. The molecule has 24 heavy (non-hydrogen) atoms. The fourth-order valence-corrected chi connectivity index (χ4v) is 1.96. The standard InChI is InChI=1S/C17H22FN3O2.ClH/c1-17(2,3)14(19)15(22)20-9-8-13-10-23-16(21-13)11-4-6-12(18)7-5-11;/h4-7,10,14H,8-9,19H2,1-3H3,(H,20,22);1H/t14-;/m1./s1. The largest absolute Gasteiger partial charge is 0.444 e. The maximum absolute atomic E-state index is 12.9. The molecule has 7 heteroatoms. The third kappa shape index (κ3) is 5.32. The van der Waals surface area contributed by atoms with Crippen molar-refractivity contribution in [1.29, 1.82) is 0 Å². The summed E-state index contributed by atoms with van der Waals surface area (Å²) in [7, 11) is 0. The smallest absolute Gasteiger partial charge is 0.237 e. The lowest BCUT2D eigenvalue weighted by molar-refractivity contribution is -0.124. The number of oxazole rings is 1. The first-order valence-corrected chi connectivity index (χ1v) is 7.51. The Morgan fingerprint density at radius 1 is 1.33 bits per heavy atom. The highest BCUT2D eigenvalue weighted by Crippen LogP contribution is 2.19. The van der Waals surface area contributed by atoms with Gasteiger partial charge in [-0.2, -0.15) is 0 Å². The Balaban J connectivity index is 0.00000288. The van der Waals surface area contributed by atoms with Crippen LogP contribution in [0.15, 0.2) is 34.9 Å². The average Bonchev–Trinajstić information content (AvgIpc) is 2.95. The second-order valence-corrected chi connectivity index (χ2v) is 6.54. The summed E-state index contributed by atoms with van der Waals surface area (Å²) in [6, 6.07) is 5.36. The summed E-state index contributed by atoms with van der Waals surface area (Å²) in [5.41, 5.74) is 7.03. The first kappa shape index (κ1) is 20.1. The molecule has 0 aliphatic heterocycles. The van der Waals surface area contributed by atoms with Crippen molar-refractivity contribution in [3.63, 3.8) is 0 Å². The van der Waals surface area contributed by atoms with Crippen LogP contribution in [0.2, 0.25) is 0 Å². The zero-order valence-corrected chi connectivity index (χ0v) is 14.8. The Hall–Kier alpha value is -1.92. The van der Waals surface area contributed by atoms with E-state index in [4.69, 9.17) is 10.2 Å². The zero-order valence-electron chi connectivity index (χ0n) is 14.0. The van der Waals surface area contributed by atoms with Crippen LogP contribution in [0.1, 0.15) is 26.5 Å². The Labute approximate surface area is 147 Å². The van der Waals surface area contributed by atoms with Gasteiger partial charge in [-0.1, -0.05) is 20.8 Å². The van der Waals surface area contributed by atoms with Crippen molar-refractivity contribution in [1.82, 2.24) is 10.3 Å². The molecule has 2 rings (SSSR count). The van der Waals surface area contributed by atoms with Crippen LogP contribution in [0, 0.1) is 11.2 Å². The summed E-state index contributed by atoms with van der Waals surface area (Å²) in [5.74, 6) is -0.0594. The number of aromatic nitrogens is 1. The summed E-state index contributed by atoms with van der Waals surface area (Å²) < 4.78 is 18.3. The molecule has 1 amide bonds. The molecule has 1 aromatic carbocycles. The second-order valence-electron chi connectivity index (χ2n) is 6.54. The third-order valence-electron chi connectivity index (χ3n) is 3.54. The molecule has 2 aromatic rings. The van der Waals surface area contributed by atoms with E-state index in [-0.39, 0.29) is 29.5 Å². The number of benzene rings is 1. The van der Waals surface area contributed by atoms with E-state index in [1.54, 1.807) is 12.1 Å². The number of nitrogens with two attached hydrogens (primary N) is 1. The van der Waals surface area contributed by atoms with Crippen molar-refractivity contribution < 1.29 is 13.6 Å². The van der Waals surface area contributed by atoms with Crippen LogP contribution in [-0.2, 0) is 11.2 Å². The third-order valence-corrected chi connectivity index (χ3v) is 3.54. The minimum absolute atomic E-state index is 0. The Bertz CT molecular complexity index is 665. The van der Waals surface area contributed by atoms with Crippen molar-refractivity contribution in [3.05, 3.63) is 42.0 Å². The van der Waals surface area contributed by atoms with Crippen LogP contribution < -0.4 is 11.1 Å². The van der Waals surface area contributed by atoms with Gasteiger partial charge in [0.15, 0.2) is 0 Å². The molecule has 0 bridgehead atoms. The molecule has 0 spiro atoms. The molecule has 5 nitrogen and oxygen atoms in total. The van der Waals surface area contributed by atoms with Gasteiger partial charge in [0.05, 0.1) is 11.7 Å². The molecular formula is C17H23ClFN3O2. The summed E-state index contributed by atoms with van der Waals surface area (Å²) in [6.45, 7) is 6.19. The predicted molar refractivity (Wildman–Crippen MR) is 93.3 cm³/mol. The summed E-state index contributed by atoms with van der Waals surface area (Å²) in [5, 5.41) is 2.80. The topological polar surface area (TPSA) is 81.2 Å². The molecule has 0 aliphatic carbocycles. The van der Waals surface area contributed by atoms with Crippen LogP contribution in [0.4, 0.5) is 4.39 Å². The first-order chi connectivity index (χ1) is 10.8. The van der Waals surface area contributed by atoms with E-state index in [9.17, 15) is 9.18 Å². The SMILES string of the molecule is CC(C)(C)[C@H](N)C(=O)NCCc1coc(-c2ccc(F)cc2)n1.Cl. The molecular weight excluding hydrogens is 333 g/mol. The molecule has 0 unspecified atom stereocenters. The lowest BCUT2D eigenvalue weighted by Crippen LogP contribution is -2.49. The number of nitrogens with one attached hydrogen (secondary N) is 1. The molecule has 3 N–H and O–H groups in total. The van der Waals surface area contributed by atoms with E-state index in [0.29, 0.717) is 30.1 Å². The summed E-state index contributed by atoms with van der Waals surface area (Å²) in [4.78, 5) is 16.3. The van der Waals surface area contributed by atoms with Crippen molar-refractivity contribution in [2.75, 3.05) is 6.54 Å². The maximum Gasteiger partial charge on any atom is 0.237 e. The molecule has 0 aliphatic rings. The number of carbonyl (C=O) groups excluding carboxylic acids is 1. The van der Waals surface area contributed by atoms with Crippen LogP contribution in [-0.4, -0.2) is 23.5 Å². The lowest BCUT2D eigenvalue weighted by atomic mass is 9.87. The molecule has 1 heterocycles. The molecule has 0 saturated carbocycles. The van der Waals surface area contributed by atoms with Gasteiger partial charge in [0.1, 0.15) is 12.1 Å². The van der Waals surface area contributed by atoms with Gasteiger partial charge >= 0.3 is 0 Å². The zero-order chi connectivity index (χ0) is 17.0. The maximum atomic E-state index is 12.9.